The van der Waals surface area contributed by atoms with Gasteiger partial charge in [0.25, 0.3) is 0 Å². The summed E-state index contributed by atoms with van der Waals surface area (Å²) in [4.78, 5) is 10.3. The van der Waals surface area contributed by atoms with Gasteiger partial charge in [-0.25, -0.2) is 0 Å². The van der Waals surface area contributed by atoms with Gasteiger partial charge in [-0.1, -0.05) is 133 Å². The van der Waals surface area contributed by atoms with Gasteiger partial charge in [-0.3, -0.25) is 4.79 Å². The quantitative estimate of drug-likeness (QED) is 0.217. The molecule has 0 aliphatic carbocycles. The smallest absolute Gasteiger partial charge is 1.00 e. The summed E-state index contributed by atoms with van der Waals surface area (Å²) in [6, 6.07) is 10.3. The summed E-state index contributed by atoms with van der Waals surface area (Å²) in [5.41, 5.74) is 1.32. The van der Waals surface area contributed by atoms with Crippen molar-refractivity contribution in [1.82, 2.24) is 0 Å². The van der Waals surface area contributed by atoms with Crippen LogP contribution in [0.25, 0.3) is 0 Å². The Morgan fingerprint density at radius 1 is 0.714 bits per heavy atom. The minimum atomic E-state index is -0.653. The van der Waals surface area contributed by atoms with E-state index in [1.165, 1.54) is 89.0 Å². The van der Waals surface area contributed by atoms with Crippen LogP contribution in [0.3, 0.4) is 0 Å². The number of unbranched alkanes of at least 4 members (excludes halogenated alkanes) is 14. The molecule has 0 atom stereocenters. The molecule has 0 saturated heterocycles. The molecule has 2 nitrogen and oxygen atoms in total. The van der Waals surface area contributed by atoms with Crippen LogP contribution in [0.5, 0.6) is 0 Å². The molecular weight excluding hydrogens is 372 g/mol. The third kappa shape index (κ3) is 25.9. The van der Waals surface area contributed by atoms with Gasteiger partial charge in [-0.2, -0.15) is 0 Å². The topological polar surface area (TPSA) is 37.3 Å². The first-order valence-electron chi connectivity index (χ1n) is 11.4. The first-order valence-corrected chi connectivity index (χ1v) is 11.4. The number of carboxylic acids is 1. The largest absolute Gasteiger partial charge is 2.00 e. The van der Waals surface area contributed by atoms with Crippen LogP contribution in [-0.2, 0) is 4.79 Å². The van der Waals surface area contributed by atoms with Crippen molar-refractivity contribution in [3.05, 3.63) is 35.9 Å². The summed E-state index contributed by atoms with van der Waals surface area (Å²) in [6.07, 6.45) is 20.2. The van der Waals surface area contributed by atoms with Gasteiger partial charge in [0.15, 0.2) is 0 Å². The summed E-state index contributed by atoms with van der Waals surface area (Å²) < 4.78 is 0. The van der Waals surface area contributed by atoms with Crippen LogP contribution in [0.1, 0.15) is 118 Å². The van der Waals surface area contributed by atoms with Crippen molar-refractivity contribution in [3.8, 4) is 0 Å². The molecule has 1 N–H and O–H groups in total. The van der Waals surface area contributed by atoms with Crippen LogP contribution in [0.4, 0.5) is 0 Å². The zero-order chi connectivity index (χ0) is 20.0. The van der Waals surface area contributed by atoms with Crippen molar-refractivity contribution < 1.29 is 12.8 Å². The van der Waals surface area contributed by atoms with Crippen molar-refractivity contribution in [2.24, 2.45) is 0 Å². The van der Waals surface area contributed by atoms with E-state index < -0.39 is 5.97 Å². The van der Waals surface area contributed by atoms with Crippen molar-refractivity contribution in [2.45, 2.75) is 117 Å². The number of benzene rings is 1. The molecule has 0 aromatic heterocycles. The number of aryl methyl sites for hydroxylation is 1. The number of aliphatic carboxylic acids is 1. The molecule has 28 heavy (non-hydrogen) atoms. The molecular formula is C25H46CaO2. The first kappa shape index (κ1) is 30.1. The second kappa shape index (κ2) is 25.0. The molecule has 1 rings (SSSR count). The van der Waals surface area contributed by atoms with E-state index in [1.807, 2.05) is 18.2 Å². The van der Waals surface area contributed by atoms with Crippen molar-refractivity contribution in [1.29, 1.82) is 0 Å². The minimum Gasteiger partial charge on any atom is -1.00 e. The fourth-order valence-corrected chi connectivity index (χ4v) is 3.18. The Morgan fingerprint density at radius 2 is 1.07 bits per heavy atom. The Hall–Kier alpha value is -0.0503. The van der Waals surface area contributed by atoms with Crippen LogP contribution in [0.2, 0.25) is 0 Å². The Labute approximate surface area is 207 Å². The zero-order valence-corrected chi connectivity index (χ0v) is 21.0. The van der Waals surface area contributed by atoms with Gasteiger partial charge in [0.1, 0.15) is 0 Å². The Morgan fingerprint density at radius 3 is 1.36 bits per heavy atom. The van der Waals surface area contributed by atoms with E-state index in [2.05, 4.69) is 26.0 Å². The van der Waals surface area contributed by atoms with Gasteiger partial charge in [-0.15, -0.1) is 0 Å². The van der Waals surface area contributed by atoms with Gasteiger partial charge < -0.3 is 7.96 Å². The van der Waals surface area contributed by atoms with Gasteiger partial charge in [0.05, 0.1) is 0 Å². The summed E-state index contributed by atoms with van der Waals surface area (Å²) in [5.74, 6) is -0.653. The summed E-state index contributed by atoms with van der Waals surface area (Å²) >= 11 is 0. The van der Waals surface area contributed by atoms with Crippen LogP contribution in [-0.4, -0.2) is 48.8 Å². The molecule has 1 aromatic carbocycles. The molecule has 0 saturated carbocycles. The van der Waals surface area contributed by atoms with E-state index in [9.17, 15) is 4.79 Å². The van der Waals surface area contributed by atoms with Crippen molar-refractivity contribution in [2.75, 3.05) is 0 Å². The first-order chi connectivity index (χ1) is 13.2. The summed E-state index contributed by atoms with van der Waals surface area (Å²) in [7, 11) is 0. The van der Waals surface area contributed by atoms with E-state index in [4.69, 9.17) is 5.11 Å². The number of rotatable bonds is 16. The molecule has 1 aromatic rings. The van der Waals surface area contributed by atoms with Gasteiger partial charge in [0.2, 0.25) is 0 Å². The molecule has 0 aliphatic heterocycles. The van der Waals surface area contributed by atoms with Crippen LogP contribution >= 0.6 is 0 Å². The normalized spacial score (nSPS) is 9.93. The third-order valence-electron chi connectivity index (χ3n) is 4.93. The SMILES string of the molecule is CCCCCCCCCCCCCCCCCC(=O)O.Cc1ccccc1.[Ca+2].[H-].[H-]. The summed E-state index contributed by atoms with van der Waals surface area (Å²) in [6.45, 7) is 4.35. The minimum absolute atomic E-state index is 0. The number of hydrogen-bond acceptors (Lipinski definition) is 1. The maximum Gasteiger partial charge on any atom is 2.00 e. The molecule has 3 heteroatoms. The van der Waals surface area contributed by atoms with Gasteiger partial charge in [-0.05, 0) is 13.3 Å². The standard InChI is InChI=1S/C18H36O2.C7H8.Ca.2H/c1-2-3-4-5-6-7-8-9-10-11-12-13-14-15-16-17-18(19)20;1-7-5-3-2-4-6-7;;;/h2-17H2,1H3,(H,19,20);2-6H,1H3;;;/q;;+2;2*-1. The van der Waals surface area contributed by atoms with E-state index in [0.717, 1.165) is 12.8 Å². The predicted octanol–water partition coefficient (Wildman–Crippen LogP) is 8.17. The van der Waals surface area contributed by atoms with E-state index in [1.54, 1.807) is 0 Å². The Bertz CT molecular complexity index is 430. The molecule has 0 radical (unpaired) electrons. The second-order valence-corrected chi connectivity index (χ2v) is 7.75. The van der Waals surface area contributed by atoms with Crippen molar-refractivity contribution in [3.63, 3.8) is 0 Å². The predicted molar refractivity (Wildman–Crippen MR) is 126 cm³/mol. The molecule has 0 aliphatic rings. The van der Waals surface area contributed by atoms with E-state index >= 15 is 0 Å². The van der Waals surface area contributed by atoms with Crippen molar-refractivity contribution >= 4 is 43.7 Å². The van der Waals surface area contributed by atoms with Gasteiger partial charge >= 0.3 is 43.7 Å². The van der Waals surface area contributed by atoms with Crippen LogP contribution < -0.4 is 0 Å². The molecule has 0 heterocycles. The number of hydrogen-bond donors (Lipinski definition) is 1. The van der Waals surface area contributed by atoms with E-state index in [-0.39, 0.29) is 40.6 Å². The molecule has 0 amide bonds. The van der Waals surface area contributed by atoms with E-state index in [0.29, 0.717) is 6.42 Å². The molecule has 0 spiro atoms. The fourth-order valence-electron chi connectivity index (χ4n) is 3.18. The average Bonchev–Trinajstić information content (AvgIpc) is 2.66. The van der Waals surface area contributed by atoms with Crippen LogP contribution in [0, 0.1) is 6.92 Å². The molecule has 160 valence electrons. The molecule has 0 unspecified atom stereocenters. The Balaban J connectivity index is -0.000000287. The Kier molecular flexibility index (Phi) is 26.9. The number of carboxylic acid groups (broad SMARTS) is 1. The second-order valence-electron chi connectivity index (χ2n) is 7.75. The molecule has 0 bridgehead atoms. The maximum absolute atomic E-state index is 10.3. The fraction of sp³-hybridized carbons (Fsp3) is 0.720. The zero-order valence-electron chi connectivity index (χ0n) is 20.8. The number of carbonyl (C=O) groups is 1. The average molecular weight is 419 g/mol. The van der Waals surface area contributed by atoms with Gasteiger partial charge in [0, 0.05) is 6.42 Å². The van der Waals surface area contributed by atoms with Crippen LogP contribution in [0.15, 0.2) is 30.3 Å². The third-order valence-corrected chi connectivity index (χ3v) is 4.93. The monoisotopic (exact) mass is 418 g/mol. The summed E-state index contributed by atoms with van der Waals surface area (Å²) in [5, 5.41) is 8.52. The molecule has 0 fully saturated rings. The maximum atomic E-state index is 10.3.